The maximum Gasteiger partial charge on any atom is 0.234 e. The highest BCUT2D eigenvalue weighted by atomic mass is 16.1. The average molecular weight is 154 g/mol. The average Bonchev–Trinajstić information content (AvgIpc) is 2.48. The second-order valence-electron chi connectivity index (χ2n) is 3.60. The van der Waals surface area contributed by atoms with E-state index >= 15 is 0 Å². The van der Waals surface area contributed by atoms with E-state index in [0.717, 1.165) is 18.4 Å². The summed E-state index contributed by atoms with van der Waals surface area (Å²) in [6.07, 6.45) is 1.20. The Hall–Kier alpha value is -0.570. The van der Waals surface area contributed by atoms with Crippen LogP contribution in [0.3, 0.4) is 0 Å². The quantitative estimate of drug-likeness (QED) is 0.574. The Kier molecular flexibility index (Phi) is 1.42. The molecule has 11 heavy (non-hydrogen) atoms. The van der Waals surface area contributed by atoms with Crippen LogP contribution in [-0.2, 0) is 4.79 Å². The molecule has 3 N–H and O–H groups in total. The lowest BCUT2D eigenvalue weighted by Gasteiger charge is -2.10. The fraction of sp³-hybridized carbons (Fsp3) is 0.875. The predicted molar refractivity (Wildman–Crippen MR) is 41.7 cm³/mol. The molecule has 1 unspecified atom stereocenters. The number of carbonyl (C=O) groups is 1. The standard InChI is InChI=1S/C8H14N2O/c1-2-4-5-3-10-7(6(4)5)8(9)11/h4-7,10H,2-3H2,1H3,(H2,9,11)/t4?,5-,6+,7+/m1/s1. The molecule has 1 heterocycles. The largest absolute Gasteiger partial charge is 0.368 e. The molecular weight excluding hydrogens is 140 g/mol. The summed E-state index contributed by atoms with van der Waals surface area (Å²) >= 11 is 0. The van der Waals surface area contributed by atoms with Gasteiger partial charge in [-0.25, -0.2) is 0 Å². The monoisotopic (exact) mass is 154 g/mol. The molecule has 0 aromatic carbocycles. The predicted octanol–water partition coefficient (Wildman–Crippen LogP) is -0.284. The molecule has 2 aliphatic rings. The molecular formula is C8H14N2O. The molecule has 1 saturated carbocycles. The Labute approximate surface area is 66.3 Å². The summed E-state index contributed by atoms with van der Waals surface area (Å²) in [6, 6.07) is -0.0232. The third-order valence-corrected chi connectivity index (χ3v) is 3.13. The molecule has 3 nitrogen and oxygen atoms in total. The highest BCUT2D eigenvalue weighted by Gasteiger charge is 2.58. The van der Waals surface area contributed by atoms with Crippen molar-refractivity contribution in [1.29, 1.82) is 0 Å². The van der Waals surface area contributed by atoms with Crippen LogP contribution in [0.25, 0.3) is 0 Å². The van der Waals surface area contributed by atoms with Crippen molar-refractivity contribution in [3.8, 4) is 0 Å². The maximum absolute atomic E-state index is 10.9. The van der Waals surface area contributed by atoms with Gasteiger partial charge in [0.15, 0.2) is 0 Å². The molecule has 0 aromatic heterocycles. The maximum atomic E-state index is 10.9. The van der Waals surface area contributed by atoms with E-state index in [1.807, 2.05) is 0 Å². The van der Waals surface area contributed by atoms with Gasteiger partial charge >= 0.3 is 0 Å². The summed E-state index contributed by atoms with van der Waals surface area (Å²) in [7, 11) is 0. The van der Waals surface area contributed by atoms with Crippen molar-refractivity contribution in [3.05, 3.63) is 0 Å². The molecule has 0 aromatic rings. The minimum absolute atomic E-state index is 0.0232. The SMILES string of the molecule is CCC1[C@@H]2[C@@H](C(N)=O)NC[C@H]12. The summed E-state index contributed by atoms with van der Waals surface area (Å²) in [5.41, 5.74) is 5.23. The van der Waals surface area contributed by atoms with Gasteiger partial charge < -0.3 is 11.1 Å². The molecule has 1 aliphatic carbocycles. The topological polar surface area (TPSA) is 55.1 Å². The Bertz CT molecular complexity index is 189. The Morgan fingerprint density at radius 3 is 2.91 bits per heavy atom. The van der Waals surface area contributed by atoms with Gasteiger partial charge in [-0.15, -0.1) is 0 Å². The molecule has 62 valence electrons. The molecule has 3 heteroatoms. The third kappa shape index (κ3) is 0.872. The summed E-state index contributed by atoms with van der Waals surface area (Å²) in [6.45, 7) is 3.18. The number of hydrogen-bond acceptors (Lipinski definition) is 2. The van der Waals surface area contributed by atoms with Crippen molar-refractivity contribution in [2.24, 2.45) is 23.5 Å². The van der Waals surface area contributed by atoms with E-state index < -0.39 is 0 Å². The number of rotatable bonds is 2. The van der Waals surface area contributed by atoms with E-state index in [0.29, 0.717) is 5.92 Å². The number of nitrogens with one attached hydrogen (secondary N) is 1. The molecule has 4 atom stereocenters. The van der Waals surface area contributed by atoms with Crippen LogP contribution in [0.15, 0.2) is 0 Å². The van der Waals surface area contributed by atoms with Crippen LogP contribution in [-0.4, -0.2) is 18.5 Å². The van der Waals surface area contributed by atoms with Crippen LogP contribution in [0.2, 0.25) is 0 Å². The number of piperidine rings is 1. The zero-order chi connectivity index (χ0) is 8.01. The first-order valence-electron chi connectivity index (χ1n) is 4.28. The second kappa shape index (κ2) is 2.21. The number of hydrogen-bond donors (Lipinski definition) is 2. The molecule has 0 radical (unpaired) electrons. The number of primary amides is 1. The normalized spacial score (nSPS) is 47.0. The first kappa shape index (κ1) is 7.10. The smallest absolute Gasteiger partial charge is 0.234 e. The van der Waals surface area contributed by atoms with Crippen LogP contribution < -0.4 is 11.1 Å². The molecule has 1 saturated heterocycles. The summed E-state index contributed by atoms with van der Waals surface area (Å²) in [4.78, 5) is 10.9. The number of fused-ring (bicyclic) bond motifs is 1. The lowest BCUT2D eigenvalue weighted by molar-refractivity contribution is -0.120. The van der Waals surface area contributed by atoms with Crippen molar-refractivity contribution >= 4 is 5.91 Å². The van der Waals surface area contributed by atoms with Gasteiger partial charge in [-0.1, -0.05) is 13.3 Å². The first-order valence-corrected chi connectivity index (χ1v) is 4.28. The fourth-order valence-electron chi connectivity index (χ4n) is 2.52. The lowest BCUT2D eigenvalue weighted by Crippen LogP contribution is -2.40. The minimum atomic E-state index is -0.173. The fourth-order valence-corrected chi connectivity index (χ4v) is 2.52. The van der Waals surface area contributed by atoms with Gasteiger partial charge in [0.05, 0.1) is 6.04 Å². The number of nitrogens with two attached hydrogens (primary N) is 1. The van der Waals surface area contributed by atoms with Gasteiger partial charge in [0.1, 0.15) is 0 Å². The van der Waals surface area contributed by atoms with Gasteiger partial charge in [0.25, 0.3) is 0 Å². The van der Waals surface area contributed by atoms with E-state index in [4.69, 9.17) is 5.73 Å². The highest BCUT2D eigenvalue weighted by molar-refractivity contribution is 5.81. The zero-order valence-electron chi connectivity index (χ0n) is 6.71. The minimum Gasteiger partial charge on any atom is -0.368 e. The zero-order valence-corrected chi connectivity index (χ0v) is 6.71. The molecule has 1 amide bonds. The highest BCUT2D eigenvalue weighted by Crippen LogP contribution is 2.53. The molecule has 2 rings (SSSR count). The third-order valence-electron chi connectivity index (χ3n) is 3.13. The van der Waals surface area contributed by atoms with Gasteiger partial charge in [-0.3, -0.25) is 4.79 Å². The second-order valence-corrected chi connectivity index (χ2v) is 3.60. The van der Waals surface area contributed by atoms with Crippen molar-refractivity contribution in [2.45, 2.75) is 19.4 Å². The number of amides is 1. The van der Waals surface area contributed by atoms with E-state index in [1.54, 1.807) is 0 Å². The molecule has 2 fully saturated rings. The molecule has 0 bridgehead atoms. The van der Waals surface area contributed by atoms with Crippen molar-refractivity contribution in [2.75, 3.05) is 6.54 Å². The van der Waals surface area contributed by atoms with Crippen molar-refractivity contribution in [3.63, 3.8) is 0 Å². The summed E-state index contributed by atoms with van der Waals surface area (Å²) < 4.78 is 0. The van der Waals surface area contributed by atoms with Gasteiger partial charge in [0, 0.05) is 0 Å². The summed E-state index contributed by atoms with van der Waals surface area (Å²) in [5, 5.41) is 3.15. The Morgan fingerprint density at radius 2 is 2.45 bits per heavy atom. The van der Waals surface area contributed by atoms with Crippen molar-refractivity contribution < 1.29 is 4.79 Å². The molecule has 0 spiro atoms. The van der Waals surface area contributed by atoms with E-state index in [2.05, 4.69) is 12.2 Å². The number of carbonyl (C=O) groups excluding carboxylic acids is 1. The van der Waals surface area contributed by atoms with Crippen LogP contribution in [0.1, 0.15) is 13.3 Å². The van der Waals surface area contributed by atoms with Crippen LogP contribution in [0.5, 0.6) is 0 Å². The Morgan fingerprint density at radius 1 is 1.73 bits per heavy atom. The summed E-state index contributed by atoms with van der Waals surface area (Å²) in [5.74, 6) is 1.91. The van der Waals surface area contributed by atoms with E-state index in [-0.39, 0.29) is 11.9 Å². The van der Waals surface area contributed by atoms with Gasteiger partial charge in [-0.05, 0) is 24.3 Å². The van der Waals surface area contributed by atoms with E-state index in [1.165, 1.54) is 6.42 Å². The first-order chi connectivity index (χ1) is 5.25. The van der Waals surface area contributed by atoms with Crippen molar-refractivity contribution in [1.82, 2.24) is 5.32 Å². The van der Waals surface area contributed by atoms with Crippen LogP contribution in [0, 0.1) is 17.8 Å². The van der Waals surface area contributed by atoms with Gasteiger partial charge in [-0.2, -0.15) is 0 Å². The van der Waals surface area contributed by atoms with E-state index in [9.17, 15) is 4.79 Å². The van der Waals surface area contributed by atoms with Gasteiger partial charge in [0.2, 0.25) is 5.91 Å². The van der Waals surface area contributed by atoms with Crippen LogP contribution >= 0.6 is 0 Å². The van der Waals surface area contributed by atoms with Crippen LogP contribution in [0.4, 0.5) is 0 Å². The lowest BCUT2D eigenvalue weighted by atomic mass is 10.1. The Balaban J connectivity index is 2.01. The molecule has 1 aliphatic heterocycles.